The number of hydrogen-bond acceptors (Lipinski definition) is 5. The molecule has 3 heterocycles. The van der Waals surface area contributed by atoms with E-state index >= 15 is 0 Å². The first-order valence-electron chi connectivity index (χ1n) is 8.22. The molecule has 0 bridgehead atoms. The van der Waals surface area contributed by atoms with Gasteiger partial charge in [-0.15, -0.1) is 0 Å². The predicted octanol–water partition coefficient (Wildman–Crippen LogP) is 2.15. The predicted molar refractivity (Wildman–Crippen MR) is 88.4 cm³/mol. The van der Waals surface area contributed by atoms with Gasteiger partial charge in [-0.05, 0) is 30.3 Å². The Balaban J connectivity index is 1.57. The molecule has 6 nitrogen and oxygen atoms in total. The first-order chi connectivity index (χ1) is 11.8. The number of benzene rings is 1. The molecule has 2 aromatic rings. The molecule has 126 valence electrons. The molecule has 2 aliphatic heterocycles. The largest absolute Gasteiger partial charge is 0.491 e. The average molecular weight is 328 g/mol. The third-order valence-electron chi connectivity index (χ3n) is 4.42. The lowest BCUT2D eigenvalue weighted by Crippen LogP contribution is -2.36. The second-order valence-electron chi connectivity index (χ2n) is 5.94. The summed E-state index contributed by atoms with van der Waals surface area (Å²) < 4.78 is 16.5. The zero-order chi connectivity index (χ0) is 16.4. The number of rotatable bonds is 2. The van der Waals surface area contributed by atoms with E-state index in [0.717, 1.165) is 43.3 Å². The van der Waals surface area contributed by atoms with Crippen LogP contribution in [0.15, 0.2) is 41.0 Å². The molecule has 1 fully saturated rings. The Morgan fingerprint density at radius 1 is 1.04 bits per heavy atom. The molecular formula is C18H20N2O4. The summed E-state index contributed by atoms with van der Waals surface area (Å²) in [6, 6.07) is 9.62. The molecule has 4 rings (SSSR count). The van der Waals surface area contributed by atoms with Gasteiger partial charge in [-0.1, -0.05) is 0 Å². The van der Waals surface area contributed by atoms with Crippen LogP contribution in [0, 0.1) is 0 Å². The van der Waals surface area contributed by atoms with Crippen LogP contribution in [0.2, 0.25) is 0 Å². The molecule has 0 spiro atoms. The van der Waals surface area contributed by atoms with E-state index in [1.807, 2.05) is 6.07 Å². The maximum Gasteiger partial charge on any atom is 0.289 e. The number of morpholine rings is 1. The molecule has 1 amide bonds. The quantitative estimate of drug-likeness (QED) is 0.845. The minimum atomic E-state index is -0.103. The minimum Gasteiger partial charge on any atom is -0.491 e. The van der Waals surface area contributed by atoms with E-state index in [2.05, 4.69) is 17.0 Å². The second-order valence-corrected chi connectivity index (χ2v) is 5.94. The van der Waals surface area contributed by atoms with Crippen molar-refractivity contribution in [1.82, 2.24) is 4.90 Å². The smallest absolute Gasteiger partial charge is 0.289 e. The SMILES string of the molecule is O=C(c1ccco1)N1CCOc2ccc(N3CCOCC3)cc2C1. The van der Waals surface area contributed by atoms with Crippen molar-refractivity contribution in [2.75, 3.05) is 44.4 Å². The van der Waals surface area contributed by atoms with Crippen molar-refractivity contribution in [3.8, 4) is 5.75 Å². The van der Waals surface area contributed by atoms with Crippen LogP contribution in [-0.2, 0) is 11.3 Å². The summed E-state index contributed by atoms with van der Waals surface area (Å²) in [7, 11) is 0. The van der Waals surface area contributed by atoms with Crippen molar-refractivity contribution in [2.24, 2.45) is 0 Å². The van der Waals surface area contributed by atoms with Crippen molar-refractivity contribution in [3.05, 3.63) is 47.9 Å². The topological polar surface area (TPSA) is 55.2 Å². The van der Waals surface area contributed by atoms with Gasteiger partial charge in [-0.25, -0.2) is 0 Å². The zero-order valence-corrected chi connectivity index (χ0v) is 13.4. The third kappa shape index (κ3) is 2.97. The van der Waals surface area contributed by atoms with Crippen LogP contribution in [-0.4, -0.2) is 50.3 Å². The molecule has 0 atom stereocenters. The Morgan fingerprint density at radius 2 is 1.92 bits per heavy atom. The Bertz CT molecular complexity index is 708. The maximum absolute atomic E-state index is 12.6. The molecular weight excluding hydrogens is 308 g/mol. The molecule has 2 aliphatic rings. The van der Waals surface area contributed by atoms with Crippen LogP contribution < -0.4 is 9.64 Å². The van der Waals surface area contributed by atoms with Crippen molar-refractivity contribution in [2.45, 2.75) is 6.54 Å². The van der Waals surface area contributed by atoms with Crippen LogP contribution in [0.4, 0.5) is 5.69 Å². The average Bonchev–Trinajstić information content (AvgIpc) is 3.08. The highest BCUT2D eigenvalue weighted by Gasteiger charge is 2.23. The van der Waals surface area contributed by atoms with Crippen LogP contribution >= 0.6 is 0 Å². The first-order valence-corrected chi connectivity index (χ1v) is 8.22. The number of hydrogen-bond donors (Lipinski definition) is 0. The van der Waals surface area contributed by atoms with Crippen molar-refractivity contribution in [3.63, 3.8) is 0 Å². The molecule has 0 N–H and O–H groups in total. The van der Waals surface area contributed by atoms with Gasteiger partial charge < -0.3 is 23.7 Å². The third-order valence-corrected chi connectivity index (χ3v) is 4.42. The van der Waals surface area contributed by atoms with Gasteiger partial charge in [0.25, 0.3) is 5.91 Å². The van der Waals surface area contributed by atoms with E-state index in [1.54, 1.807) is 17.0 Å². The van der Waals surface area contributed by atoms with E-state index in [1.165, 1.54) is 6.26 Å². The van der Waals surface area contributed by atoms with Gasteiger partial charge in [0.2, 0.25) is 0 Å². The lowest BCUT2D eigenvalue weighted by molar-refractivity contribution is 0.0701. The van der Waals surface area contributed by atoms with Gasteiger partial charge in [0.05, 0.1) is 26.0 Å². The summed E-state index contributed by atoms with van der Waals surface area (Å²) in [5, 5.41) is 0. The first kappa shape index (κ1) is 15.1. The molecule has 6 heteroatoms. The van der Waals surface area contributed by atoms with Gasteiger partial charge in [0, 0.05) is 30.9 Å². The second kappa shape index (κ2) is 6.57. The number of amides is 1. The molecule has 24 heavy (non-hydrogen) atoms. The summed E-state index contributed by atoms with van der Waals surface area (Å²) in [5.41, 5.74) is 2.17. The number of anilines is 1. The van der Waals surface area contributed by atoms with Crippen molar-refractivity contribution in [1.29, 1.82) is 0 Å². The Labute approximate surface area is 140 Å². The van der Waals surface area contributed by atoms with E-state index < -0.39 is 0 Å². The summed E-state index contributed by atoms with van der Waals surface area (Å²) in [5.74, 6) is 1.11. The van der Waals surface area contributed by atoms with Gasteiger partial charge in [0.15, 0.2) is 5.76 Å². The fourth-order valence-corrected chi connectivity index (χ4v) is 3.13. The molecule has 0 aliphatic carbocycles. The van der Waals surface area contributed by atoms with Crippen molar-refractivity contribution >= 4 is 11.6 Å². The van der Waals surface area contributed by atoms with Gasteiger partial charge >= 0.3 is 0 Å². The fourth-order valence-electron chi connectivity index (χ4n) is 3.13. The highest BCUT2D eigenvalue weighted by Crippen LogP contribution is 2.29. The highest BCUT2D eigenvalue weighted by atomic mass is 16.5. The Hall–Kier alpha value is -2.47. The fraction of sp³-hybridized carbons (Fsp3) is 0.389. The lowest BCUT2D eigenvalue weighted by atomic mass is 10.1. The number of fused-ring (bicyclic) bond motifs is 1. The minimum absolute atomic E-state index is 0.103. The van der Waals surface area contributed by atoms with E-state index in [4.69, 9.17) is 13.9 Å². The maximum atomic E-state index is 12.6. The van der Waals surface area contributed by atoms with E-state index in [0.29, 0.717) is 25.5 Å². The lowest BCUT2D eigenvalue weighted by Gasteiger charge is -2.29. The molecule has 0 unspecified atom stereocenters. The van der Waals surface area contributed by atoms with Crippen LogP contribution in [0.25, 0.3) is 0 Å². The molecule has 0 radical (unpaired) electrons. The zero-order valence-electron chi connectivity index (χ0n) is 13.4. The highest BCUT2D eigenvalue weighted by molar-refractivity contribution is 5.91. The number of furan rings is 1. The van der Waals surface area contributed by atoms with Crippen LogP contribution in [0.1, 0.15) is 16.1 Å². The molecule has 1 aromatic heterocycles. The summed E-state index contributed by atoms with van der Waals surface area (Å²) in [6.45, 7) is 4.81. The molecule has 1 aromatic carbocycles. The van der Waals surface area contributed by atoms with E-state index in [9.17, 15) is 4.79 Å². The van der Waals surface area contributed by atoms with E-state index in [-0.39, 0.29) is 5.91 Å². The van der Waals surface area contributed by atoms with Gasteiger partial charge in [-0.3, -0.25) is 4.79 Å². The molecule has 1 saturated heterocycles. The summed E-state index contributed by atoms with van der Waals surface area (Å²) in [4.78, 5) is 16.6. The number of carbonyl (C=O) groups is 1. The van der Waals surface area contributed by atoms with Crippen molar-refractivity contribution < 1.29 is 18.7 Å². The van der Waals surface area contributed by atoms with Crippen LogP contribution in [0.5, 0.6) is 5.75 Å². The summed E-state index contributed by atoms with van der Waals surface area (Å²) in [6.07, 6.45) is 1.52. The number of carbonyl (C=O) groups excluding carboxylic acids is 1. The normalized spacial score (nSPS) is 17.8. The summed E-state index contributed by atoms with van der Waals surface area (Å²) >= 11 is 0. The Kier molecular flexibility index (Phi) is 4.13. The number of nitrogens with zero attached hydrogens (tertiary/aromatic N) is 2. The monoisotopic (exact) mass is 328 g/mol. The molecule has 0 saturated carbocycles. The standard InChI is InChI=1S/C18H20N2O4/c21-18(17-2-1-8-23-17)20-7-11-24-16-4-3-15(12-14(16)13-20)19-5-9-22-10-6-19/h1-4,8,12H,5-7,9-11,13H2. The van der Waals surface area contributed by atoms with Gasteiger partial charge in [-0.2, -0.15) is 0 Å². The van der Waals surface area contributed by atoms with Gasteiger partial charge in [0.1, 0.15) is 12.4 Å². The number of ether oxygens (including phenoxy) is 2. The Morgan fingerprint density at radius 3 is 2.71 bits per heavy atom. The van der Waals surface area contributed by atoms with Crippen LogP contribution in [0.3, 0.4) is 0 Å².